The summed E-state index contributed by atoms with van der Waals surface area (Å²) in [4.78, 5) is 27.8. The van der Waals surface area contributed by atoms with Crippen LogP contribution in [0.5, 0.6) is 0 Å². The van der Waals surface area contributed by atoms with Gasteiger partial charge in [0.25, 0.3) is 5.91 Å². The Morgan fingerprint density at radius 1 is 1.00 bits per heavy atom. The third-order valence-corrected chi connectivity index (χ3v) is 3.69. The topological polar surface area (TPSA) is 80.3 Å². The summed E-state index contributed by atoms with van der Waals surface area (Å²) in [5, 5.41) is 5.56. The zero-order chi connectivity index (χ0) is 19.2. The molecule has 3 aromatic rings. The molecule has 2 aromatic carbocycles. The van der Waals surface area contributed by atoms with E-state index in [0.29, 0.717) is 16.9 Å². The lowest BCUT2D eigenvalue weighted by Crippen LogP contribution is -2.14. The Morgan fingerprint density at radius 2 is 1.81 bits per heavy atom. The van der Waals surface area contributed by atoms with Crippen molar-refractivity contribution in [3.8, 4) is 0 Å². The molecule has 0 saturated carbocycles. The van der Waals surface area contributed by atoms with Crippen LogP contribution in [0.25, 0.3) is 0 Å². The molecule has 0 saturated heterocycles. The zero-order valence-corrected chi connectivity index (χ0v) is 14.4. The molecule has 0 radical (unpaired) electrons. The molecule has 0 bridgehead atoms. The van der Waals surface area contributed by atoms with Gasteiger partial charge in [0.1, 0.15) is 11.5 Å². The fourth-order valence-corrected chi connectivity index (χ4v) is 2.36. The number of carbonyl (C=O) groups excluding carboxylic acids is 2. The van der Waals surface area contributed by atoms with Gasteiger partial charge in [0.05, 0.1) is 30.2 Å². The number of hydrogen-bond acceptors (Lipinski definition) is 5. The first-order valence-corrected chi connectivity index (χ1v) is 8.04. The first-order valence-electron chi connectivity index (χ1n) is 8.04. The Kier molecular flexibility index (Phi) is 5.41. The summed E-state index contributed by atoms with van der Waals surface area (Å²) in [5.74, 6) is -1.47. The highest BCUT2D eigenvalue weighted by atomic mass is 19.1. The Bertz CT molecular complexity index is 974. The number of carbonyl (C=O) groups is 2. The van der Waals surface area contributed by atoms with Gasteiger partial charge in [0.15, 0.2) is 0 Å². The van der Waals surface area contributed by atoms with E-state index in [2.05, 4.69) is 15.6 Å². The molecule has 0 aliphatic carbocycles. The summed E-state index contributed by atoms with van der Waals surface area (Å²) in [6.07, 6.45) is 1.47. The number of nitrogens with zero attached hydrogens (tertiary/aromatic N) is 1. The molecule has 6 nitrogen and oxygen atoms in total. The Balaban J connectivity index is 1.69. The molecule has 0 unspecified atom stereocenters. The largest absolute Gasteiger partial charge is 0.465 e. The fraction of sp³-hybridized carbons (Fsp3) is 0.0500. The van der Waals surface area contributed by atoms with Gasteiger partial charge in [-0.3, -0.25) is 4.79 Å². The van der Waals surface area contributed by atoms with E-state index in [1.54, 1.807) is 42.5 Å². The van der Waals surface area contributed by atoms with Crippen LogP contribution in [0.2, 0.25) is 0 Å². The number of pyridine rings is 1. The number of anilines is 3. The van der Waals surface area contributed by atoms with Gasteiger partial charge in [0.2, 0.25) is 0 Å². The van der Waals surface area contributed by atoms with Crippen LogP contribution in [0, 0.1) is 5.82 Å². The highest BCUT2D eigenvalue weighted by Gasteiger charge is 2.10. The predicted molar refractivity (Wildman–Crippen MR) is 99.7 cm³/mol. The molecule has 0 atom stereocenters. The van der Waals surface area contributed by atoms with Crippen LogP contribution in [0.1, 0.15) is 20.8 Å². The van der Waals surface area contributed by atoms with Crippen molar-refractivity contribution in [1.29, 1.82) is 0 Å². The molecule has 0 spiro atoms. The molecule has 0 fully saturated rings. The highest BCUT2D eigenvalue weighted by Crippen LogP contribution is 2.18. The number of amides is 1. The summed E-state index contributed by atoms with van der Waals surface area (Å²) >= 11 is 0. The van der Waals surface area contributed by atoms with E-state index < -0.39 is 17.7 Å². The van der Waals surface area contributed by atoms with E-state index in [1.165, 1.54) is 31.5 Å². The van der Waals surface area contributed by atoms with Crippen molar-refractivity contribution in [3.05, 3.63) is 83.9 Å². The van der Waals surface area contributed by atoms with Gasteiger partial charge < -0.3 is 15.4 Å². The minimum absolute atomic E-state index is 0.0890. The van der Waals surface area contributed by atoms with Crippen molar-refractivity contribution < 1.29 is 18.7 Å². The van der Waals surface area contributed by atoms with Crippen molar-refractivity contribution in [2.75, 3.05) is 17.7 Å². The van der Waals surface area contributed by atoms with Crippen molar-refractivity contribution >= 4 is 28.9 Å². The van der Waals surface area contributed by atoms with Gasteiger partial charge in [-0.25, -0.2) is 14.2 Å². The summed E-state index contributed by atoms with van der Waals surface area (Å²) < 4.78 is 18.3. The SMILES string of the molecule is COC(=O)c1cccc(Nc2ccc(C(=O)Nc3ccccc3F)nc2)c1. The van der Waals surface area contributed by atoms with Gasteiger partial charge in [-0.15, -0.1) is 0 Å². The molecular formula is C20H16FN3O3. The van der Waals surface area contributed by atoms with Crippen LogP contribution in [0.3, 0.4) is 0 Å². The standard InChI is InChI=1S/C20H16FN3O3/c1-27-20(26)13-5-4-6-14(11-13)23-15-9-10-18(22-12-15)19(25)24-17-8-3-2-7-16(17)21/h2-12,23H,1H3,(H,24,25). The van der Waals surface area contributed by atoms with Gasteiger partial charge in [-0.1, -0.05) is 18.2 Å². The van der Waals surface area contributed by atoms with Crippen molar-refractivity contribution in [2.45, 2.75) is 0 Å². The summed E-state index contributed by atoms with van der Waals surface area (Å²) in [6, 6.07) is 15.9. The van der Waals surface area contributed by atoms with Gasteiger partial charge >= 0.3 is 5.97 Å². The summed E-state index contributed by atoms with van der Waals surface area (Å²) in [5.41, 5.74) is 1.94. The van der Waals surface area contributed by atoms with Crippen LogP contribution < -0.4 is 10.6 Å². The average molecular weight is 365 g/mol. The van der Waals surface area contributed by atoms with Crippen molar-refractivity contribution in [1.82, 2.24) is 4.98 Å². The van der Waals surface area contributed by atoms with Gasteiger partial charge in [0, 0.05) is 5.69 Å². The van der Waals surface area contributed by atoms with Crippen LogP contribution in [-0.2, 0) is 4.74 Å². The Morgan fingerprint density at radius 3 is 2.52 bits per heavy atom. The lowest BCUT2D eigenvalue weighted by Gasteiger charge is -2.09. The first kappa shape index (κ1) is 18.1. The number of para-hydroxylation sites is 1. The number of ether oxygens (including phenoxy) is 1. The summed E-state index contributed by atoms with van der Waals surface area (Å²) in [6.45, 7) is 0. The first-order chi connectivity index (χ1) is 13.1. The summed E-state index contributed by atoms with van der Waals surface area (Å²) in [7, 11) is 1.32. The van der Waals surface area contributed by atoms with E-state index in [4.69, 9.17) is 4.74 Å². The maximum absolute atomic E-state index is 13.6. The second-order valence-electron chi connectivity index (χ2n) is 5.56. The molecule has 1 heterocycles. The number of halogens is 1. The average Bonchev–Trinajstić information content (AvgIpc) is 2.70. The fourth-order valence-electron chi connectivity index (χ4n) is 2.36. The molecule has 0 aliphatic rings. The van der Waals surface area contributed by atoms with Crippen LogP contribution in [0.4, 0.5) is 21.5 Å². The number of hydrogen-bond donors (Lipinski definition) is 2. The van der Waals surface area contributed by atoms with Crippen LogP contribution in [-0.4, -0.2) is 24.0 Å². The highest BCUT2D eigenvalue weighted by molar-refractivity contribution is 6.03. The third kappa shape index (κ3) is 4.46. The quantitative estimate of drug-likeness (QED) is 0.668. The van der Waals surface area contributed by atoms with Crippen molar-refractivity contribution in [2.24, 2.45) is 0 Å². The number of methoxy groups -OCH3 is 1. The molecular weight excluding hydrogens is 349 g/mol. The number of benzene rings is 2. The van der Waals surface area contributed by atoms with Crippen LogP contribution >= 0.6 is 0 Å². The molecule has 0 aliphatic heterocycles. The molecule has 7 heteroatoms. The van der Waals surface area contributed by atoms with E-state index in [9.17, 15) is 14.0 Å². The smallest absolute Gasteiger partial charge is 0.337 e. The minimum atomic E-state index is -0.519. The second-order valence-corrected chi connectivity index (χ2v) is 5.56. The Labute approximate surface area is 155 Å². The van der Waals surface area contributed by atoms with Gasteiger partial charge in [-0.2, -0.15) is 0 Å². The molecule has 1 amide bonds. The van der Waals surface area contributed by atoms with E-state index in [0.717, 1.165) is 0 Å². The second kappa shape index (κ2) is 8.09. The van der Waals surface area contributed by atoms with Gasteiger partial charge in [-0.05, 0) is 42.5 Å². The van der Waals surface area contributed by atoms with Crippen LogP contribution in [0.15, 0.2) is 66.9 Å². The number of aromatic nitrogens is 1. The molecule has 3 rings (SSSR count). The lowest BCUT2D eigenvalue weighted by atomic mass is 10.2. The predicted octanol–water partition coefficient (Wildman–Crippen LogP) is 4.00. The molecule has 2 N–H and O–H groups in total. The van der Waals surface area contributed by atoms with Crippen molar-refractivity contribution in [3.63, 3.8) is 0 Å². The third-order valence-electron chi connectivity index (χ3n) is 3.69. The minimum Gasteiger partial charge on any atom is -0.465 e. The lowest BCUT2D eigenvalue weighted by molar-refractivity contribution is 0.0600. The Hall–Kier alpha value is -3.74. The van der Waals surface area contributed by atoms with E-state index in [-0.39, 0.29) is 11.4 Å². The van der Waals surface area contributed by atoms with E-state index >= 15 is 0 Å². The molecule has 136 valence electrons. The zero-order valence-electron chi connectivity index (χ0n) is 14.4. The van der Waals surface area contributed by atoms with E-state index in [1.807, 2.05) is 0 Å². The maximum Gasteiger partial charge on any atom is 0.337 e. The molecule has 1 aromatic heterocycles. The monoisotopic (exact) mass is 365 g/mol. The normalized spacial score (nSPS) is 10.1. The maximum atomic E-state index is 13.6. The molecule has 27 heavy (non-hydrogen) atoms. The number of esters is 1. The number of rotatable bonds is 5. The number of nitrogens with one attached hydrogen (secondary N) is 2.